The predicted molar refractivity (Wildman–Crippen MR) is 82.2 cm³/mol. The highest BCUT2D eigenvalue weighted by molar-refractivity contribution is 9.10. The number of anilines is 1. The first-order valence-electron chi connectivity index (χ1n) is 6.16. The number of carbonyl (C=O) groups is 2. The van der Waals surface area contributed by atoms with Crippen molar-refractivity contribution in [2.75, 3.05) is 11.9 Å². The Morgan fingerprint density at radius 3 is 2.70 bits per heavy atom. The van der Waals surface area contributed by atoms with E-state index in [-0.39, 0.29) is 6.54 Å². The van der Waals surface area contributed by atoms with Gasteiger partial charge in [-0.15, -0.1) is 0 Å². The molecule has 0 heterocycles. The molecule has 0 aromatic heterocycles. The molecule has 0 saturated carbocycles. The lowest BCUT2D eigenvalue weighted by Gasteiger charge is -2.13. The van der Waals surface area contributed by atoms with Crippen molar-refractivity contribution < 1.29 is 14.7 Å². The molecule has 1 atom stereocenters. The smallest absolute Gasteiger partial charge is 0.319 e. The Morgan fingerprint density at radius 2 is 2.15 bits per heavy atom. The minimum atomic E-state index is -0.901. The molecular formula is C13H16BrClN2O3. The maximum absolute atomic E-state index is 11.7. The van der Waals surface area contributed by atoms with Gasteiger partial charge in [-0.2, -0.15) is 0 Å². The standard InChI is InChI=1S/C13H16BrClN2O3/c1-2-3-8(12(18)19)7-16-13(20)17-9-4-5-11(15)10(14)6-9/h4-6,8H,2-3,7H2,1H3,(H,18,19)(H2,16,17,20). The van der Waals surface area contributed by atoms with Crippen molar-refractivity contribution in [3.63, 3.8) is 0 Å². The van der Waals surface area contributed by atoms with Crippen molar-refractivity contribution >= 4 is 45.2 Å². The molecule has 1 aromatic carbocycles. The fourth-order valence-corrected chi connectivity index (χ4v) is 2.12. The Labute approximate surface area is 130 Å². The van der Waals surface area contributed by atoms with E-state index in [1.54, 1.807) is 18.2 Å². The molecule has 0 fully saturated rings. The highest BCUT2D eigenvalue weighted by Crippen LogP contribution is 2.25. The van der Waals surface area contributed by atoms with Gasteiger partial charge < -0.3 is 15.7 Å². The van der Waals surface area contributed by atoms with Gasteiger partial charge in [-0.1, -0.05) is 24.9 Å². The van der Waals surface area contributed by atoms with Gasteiger partial charge >= 0.3 is 12.0 Å². The molecule has 0 saturated heterocycles. The molecule has 0 bridgehead atoms. The summed E-state index contributed by atoms with van der Waals surface area (Å²) in [5.41, 5.74) is 0.571. The van der Waals surface area contributed by atoms with Crippen LogP contribution in [-0.4, -0.2) is 23.7 Å². The van der Waals surface area contributed by atoms with Crippen LogP contribution < -0.4 is 10.6 Å². The van der Waals surface area contributed by atoms with Crippen LogP contribution in [0.25, 0.3) is 0 Å². The predicted octanol–water partition coefficient (Wildman–Crippen LogP) is 3.72. The summed E-state index contributed by atoms with van der Waals surface area (Å²) in [5.74, 6) is -1.47. The number of benzene rings is 1. The van der Waals surface area contributed by atoms with Crippen molar-refractivity contribution in [2.24, 2.45) is 5.92 Å². The molecule has 1 unspecified atom stereocenters. The van der Waals surface area contributed by atoms with Crippen molar-refractivity contribution in [3.8, 4) is 0 Å². The summed E-state index contributed by atoms with van der Waals surface area (Å²) in [5, 5.41) is 14.7. The maximum Gasteiger partial charge on any atom is 0.319 e. The Morgan fingerprint density at radius 1 is 1.45 bits per heavy atom. The van der Waals surface area contributed by atoms with E-state index in [0.717, 1.165) is 6.42 Å². The minimum absolute atomic E-state index is 0.101. The maximum atomic E-state index is 11.7. The second-order valence-electron chi connectivity index (χ2n) is 4.29. The van der Waals surface area contributed by atoms with Crippen LogP contribution in [0.15, 0.2) is 22.7 Å². The van der Waals surface area contributed by atoms with Crippen molar-refractivity contribution in [2.45, 2.75) is 19.8 Å². The first-order valence-corrected chi connectivity index (χ1v) is 7.33. The summed E-state index contributed by atoms with van der Waals surface area (Å²) in [6, 6.07) is 4.54. The van der Waals surface area contributed by atoms with Crippen molar-refractivity contribution in [3.05, 3.63) is 27.7 Å². The summed E-state index contributed by atoms with van der Waals surface area (Å²) in [6.07, 6.45) is 1.28. The van der Waals surface area contributed by atoms with Gasteiger partial charge in [-0.3, -0.25) is 4.79 Å². The molecule has 0 radical (unpaired) electrons. The lowest BCUT2D eigenvalue weighted by molar-refractivity contribution is -0.141. The average Bonchev–Trinajstić information content (AvgIpc) is 2.38. The van der Waals surface area contributed by atoms with Gasteiger partial charge in [0.1, 0.15) is 0 Å². The van der Waals surface area contributed by atoms with Crippen LogP contribution in [0.2, 0.25) is 5.02 Å². The fourth-order valence-electron chi connectivity index (χ4n) is 1.63. The molecule has 0 aliphatic carbocycles. The van der Waals surface area contributed by atoms with Crippen LogP contribution >= 0.6 is 27.5 Å². The number of amides is 2. The van der Waals surface area contributed by atoms with Crippen LogP contribution in [0.3, 0.4) is 0 Å². The van der Waals surface area contributed by atoms with Crippen LogP contribution in [0.5, 0.6) is 0 Å². The lowest BCUT2D eigenvalue weighted by Crippen LogP contribution is -2.35. The quantitative estimate of drug-likeness (QED) is 0.720. The molecule has 0 spiro atoms. The van der Waals surface area contributed by atoms with Crippen LogP contribution in [-0.2, 0) is 4.79 Å². The third-order valence-electron chi connectivity index (χ3n) is 2.67. The highest BCUT2D eigenvalue weighted by atomic mass is 79.9. The van der Waals surface area contributed by atoms with Gasteiger partial charge in [0.25, 0.3) is 0 Å². The van der Waals surface area contributed by atoms with E-state index in [0.29, 0.717) is 21.6 Å². The lowest BCUT2D eigenvalue weighted by atomic mass is 10.0. The van der Waals surface area contributed by atoms with E-state index >= 15 is 0 Å². The molecule has 5 nitrogen and oxygen atoms in total. The summed E-state index contributed by atoms with van der Waals surface area (Å²) < 4.78 is 0.673. The number of hydrogen-bond donors (Lipinski definition) is 3. The zero-order valence-corrected chi connectivity index (χ0v) is 13.3. The van der Waals surface area contributed by atoms with E-state index in [4.69, 9.17) is 16.7 Å². The molecule has 110 valence electrons. The normalized spacial score (nSPS) is 11.8. The van der Waals surface area contributed by atoms with E-state index in [9.17, 15) is 9.59 Å². The van der Waals surface area contributed by atoms with Crippen molar-refractivity contribution in [1.29, 1.82) is 0 Å². The first kappa shape index (κ1) is 16.8. The number of aliphatic carboxylic acids is 1. The number of halogens is 2. The van der Waals surface area contributed by atoms with Crippen LogP contribution in [0.1, 0.15) is 19.8 Å². The van der Waals surface area contributed by atoms with E-state index in [1.807, 2.05) is 6.92 Å². The minimum Gasteiger partial charge on any atom is -0.481 e. The number of urea groups is 1. The Balaban J connectivity index is 2.50. The molecular weight excluding hydrogens is 348 g/mol. The van der Waals surface area contributed by atoms with Gasteiger partial charge in [0.15, 0.2) is 0 Å². The first-order chi connectivity index (χ1) is 9.43. The third kappa shape index (κ3) is 5.38. The number of carbonyl (C=O) groups excluding carboxylic acids is 1. The molecule has 0 aliphatic heterocycles. The van der Waals surface area contributed by atoms with E-state index in [1.165, 1.54) is 0 Å². The zero-order chi connectivity index (χ0) is 15.1. The number of carboxylic acid groups (broad SMARTS) is 1. The van der Waals surface area contributed by atoms with Crippen LogP contribution in [0.4, 0.5) is 10.5 Å². The largest absolute Gasteiger partial charge is 0.481 e. The molecule has 20 heavy (non-hydrogen) atoms. The van der Waals surface area contributed by atoms with Gasteiger partial charge in [0.2, 0.25) is 0 Å². The van der Waals surface area contributed by atoms with Gasteiger partial charge in [-0.05, 0) is 40.5 Å². The average molecular weight is 364 g/mol. The number of hydrogen-bond acceptors (Lipinski definition) is 2. The summed E-state index contributed by atoms with van der Waals surface area (Å²) in [4.78, 5) is 22.6. The summed E-state index contributed by atoms with van der Waals surface area (Å²) >= 11 is 9.11. The SMILES string of the molecule is CCCC(CNC(=O)Nc1ccc(Cl)c(Br)c1)C(=O)O. The zero-order valence-electron chi connectivity index (χ0n) is 11.0. The summed E-state index contributed by atoms with van der Waals surface area (Å²) in [6.45, 7) is 2.00. The molecule has 7 heteroatoms. The molecule has 1 rings (SSSR count). The van der Waals surface area contributed by atoms with E-state index < -0.39 is 17.9 Å². The molecule has 1 aromatic rings. The second kappa shape index (κ2) is 8.11. The van der Waals surface area contributed by atoms with Crippen molar-refractivity contribution in [1.82, 2.24) is 5.32 Å². The van der Waals surface area contributed by atoms with Gasteiger partial charge in [0, 0.05) is 16.7 Å². The summed E-state index contributed by atoms with van der Waals surface area (Å²) in [7, 11) is 0. The molecule has 0 aliphatic rings. The highest BCUT2D eigenvalue weighted by Gasteiger charge is 2.17. The number of nitrogens with one attached hydrogen (secondary N) is 2. The Kier molecular flexibility index (Phi) is 6.81. The van der Waals surface area contributed by atoms with Crippen LogP contribution in [0, 0.1) is 5.92 Å². The number of carboxylic acids is 1. The topological polar surface area (TPSA) is 78.4 Å². The Bertz CT molecular complexity index is 497. The monoisotopic (exact) mass is 362 g/mol. The van der Waals surface area contributed by atoms with Gasteiger partial charge in [-0.25, -0.2) is 4.79 Å². The molecule has 2 amide bonds. The van der Waals surface area contributed by atoms with E-state index in [2.05, 4.69) is 26.6 Å². The fraction of sp³-hybridized carbons (Fsp3) is 0.385. The third-order valence-corrected chi connectivity index (χ3v) is 3.89. The Hall–Kier alpha value is -1.27. The molecule has 3 N–H and O–H groups in total. The number of rotatable bonds is 6. The van der Waals surface area contributed by atoms with Gasteiger partial charge in [0.05, 0.1) is 10.9 Å². The second-order valence-corrected chi connectivity index (χ2v) is 5.55.